The number of amides is 2. The first-order chi connectivity index (χ1) is 18.3. The van der Waals surface area contributed by atoms with Crippen LogP contribution in [0.15, 0.2) is 48.7 Å². The molecule has 6 nitrogen and oxygen atoms in total. The molecule has 0 spiro atoms. The average Bonchev–Trinajstić information content (AvgIpc) is 3.28. The first kappa shape index (κ1) is 28.5. The summed E-state index contributed by atoms with van der Waals surface area (Å²) in [5.41, 5.74) is -1.94. The molecule has 1 aliphatic rings. The zero-order valence-corrected chi connectivity index (χ0v) is 21.1. The van der Waals surface area contributed by atoms with Crippen LogP contribution >= 0.6 is 0 Å². The van der Waals surface area contributed by atoms with Gasteiger partial charge in [0.25, 0.3) is 5.91 Å². The highest BCUT2D eigenvalue weighted by Gasteiger charge is 2.39. The average molecular weight is 555 g/mol. The fourth-order valence-corrected chi connectivity index (χ4v) is 4.93. The minimum atomic E-state index is -5.05. The lowest BCUT2D eigenvalue weighted by Crippen LogP contribution is -2.56. The van der Waals surface area contributed by atoms with Crippen LogP contribution in [0.25, 0.3) is 10.9 Å². The van der Waals surface area contributed by atoms with E-state index in [1.165, 1.54) is 11.8 Å². The van der Waals surface area contributed by atoms with Crippen molar-refractivity contribution in [3.8, 4) is 0 Å². The number of halogens is 6. The molecule has 12 heteroatoms. The lowest BCUT2D eigenvalue weighted by molar-refractivity contribution is -0.143. The Morgan fingerprint density at radius 2 is 1.67 bits per heavy atom. The van der Waals surface area contributed by atoms with E-state index in [2.05, 4.69) is 15.2 Å². The largest absolute Gasteiger partial charge is 0.416 e. The molecule has 2 N–H and O–H groups in total. The summed E-state index contributed by atoms with van der Waals surface area (Å²) in [6.45, 7) is 3.38. The Labute approximate surface area is 221 Å². The van der Waals surface area contributed by atoms with E-state index in [4.69, 9.17) is 0 Å². The number of H-pyrrole nitrogens is 1. The summed E-state index contributed by atoms with van der Waals surface area (Å²) in [7, 11) is 0. The quantitative estimate of drug-likeness (QED) is 0.316. The maximum atomic E-state index is 13.5. The number of aromatic amines is 1. The molecule has 2 heterocycles. The summed E-state index contributed by atoms with van der Waals surface area (Å²) in [5, 5.41) is 3.64. The number of carbonyl (C=O) groups excluding carboxylic acids is 2. The van der Waals surface area contributed by atoms with Crippen LogP contribution < -0.4 is 5.32 Å². The summed E-state index contributed by atoms with van der Waals surface area (Å²) in [6.07, 6.45) is -7.30. The van der Waals surface area contributed by atoms with Crippen molar-refractivity contribution in [3.05, 3.63) is 70.9 Å². The van der Waals surface area contributed by atoms with Gasteiger partial charge in [0.1, 0.15) is 0 Å². The Morgan fingerprint density at radius 3 is 2.31 bits per heavy atom. The van der Waals surface area contributed by atoms with Crippen LogP contribution in [-0.4, -0.2) is 65.4 Å². The van der Waals surface area contributed by atoms with Gasteiger partial charge in [-0.2, -0.15) is 26.3 Å². The normalized spacial score (nSPS) is 17.0. The van der Waals surface area contributed by atoms with Gasteiger partial charge in [-0.3, -0.25) is 14.5 Å². The van der Waals surface area contributed by atoms with E-state index < -0.39 is 41.0 Å². The molecule has 0 radical (unpaired) electrons. The van der Waals surface area contributed by atoms with Gasteiger partial charge in [0, 0.05) is 61.8 Å². The second-order valence-electron chi connectivity index (χ2n) is 9.65. The summed E-state index contributed by atoms with van der Waals surface area (Å²) >= 11 is 0. The van der Waals surface area contributed by atoms with Crippen LogP contribution in [0.3, 0.4) is 0 Å². The lowest BCUT2D eigenvalue weighted by Gasteiger charge is -2.42. The van der Waals surface area contributed by atoms with Crippen molar-refractivity contribution in [2.45, 2.75) is 38.2 Å². The minimum Gasteiger partial charge on any atom is -0.361 e. The van der Waals surface area contributed by atoms with E-state index in [1.807, 2.05) is 24.3 Å². The van der Waals surface area contributed by atoms with Crippen LogP contribution in [0, 0.1) is 0 Å². The molecular formula is C27H28F6N4O2. The fraction of sp³-hybridized carbons (Fsp3) is 0.407. The maximum Gasteiger partial charge on any atom is 0.416 e. The van der Waals surface area contributed by atoms with E-state index in [0.29, 0.717) is 51.2 Å². The highest BCUT2D eigenvalue weighted by Crippen LogP contribution is 2.37. The number of carbonyl (C=O) groups is 2. The molecular weight excluding hydrogens is 526 g/mol. The predicted molar refractivity (Wildman–Crippen MR) is 133 cm³/mol. The van der Waals surface area contributed by atoms with Crippen molar-refractivity contribution in [1.82, 2.24) is 20.1 Å². The molecule has 0 bridgehead atoms. The fourth-order valence-electron chi connectivity index (χ4n) is 4.93. The Hall–Kier alpha value is -3.54. The van der Waals surface area contributed by atoms with E-state index in [-0.39, 0.29) is 18.5 Å². The van der Waals surface area contributed by atoms with Gasteiger partial charge in [-0.15, -0.1) is 0 Å². The number of hydrogen-bond donors (Lipinski definition) is 2. The number of alkyl halides is 6. The number of fused-ring (bicyclic) bond motifs is 1. The number of rotatable bonds is 7. The van der Waals surface area contributed by atoms with Crippen molar-refractivity contribution in [1.29, 1.82) is 0 Å². The monoisotopic (exact) mass is 554 g/mol. The summed E-state index contributed by atoms with van der Waals surface area (Å²) in [6, 6.07) is 8.01. The van der Waals surface area contributed by atoms with E-state index >= 15 is 0 Å². The SMILES string of the molecule is CC(=O)NCCCN1CCN(C(=O)c2cc(C(F)(F)F)cc(C(F)(F)F)c2)[C@H](Cc2c[nH]c3ccccc23)C1. The van der Waals surface area contributed by atoms with E-state index in [0.717, 1.165) is 16.5 Å². The van der Waals surface area contributed by atoms with Gasteiger partial charge in [-0.25, -0.2) is 0 Å². The van der Waals surface area contributed by atoms with Crippen LogP contribution in [0.1, 0.15) is 40.4 Å². The zero-order chi connectivity index (χ0) is 28.4. The molecule has 39 heavy (non-hydrogen) atoms. The van der Waals surface area contributed by atoms with Gasteiger partial charge in [0.15, 0.2) is 0 Å². The van der Waals surface area contributed by atoms with Gasteiger partial charge in [0.2, 0.25) is 5.91 Å². The van der Waals surface area contributed by atoms with E-state index in [1.54, 1.807) is 6.20 Å². The Kier molecular flexibility index (Phi) is 8.24. The third-order valence-corrected chi connectivity index (χ3v) is 6.82. The lowest BCUT2D eigenvalue weighted by atomic mass is 9.98. The van der Waals surface area contributed by atoms with E-state index in [9.17, 15) is 35.9 Å². The standard InChI is InChI=1S/C27H28F6N4O2/c1-17(38)34-7-4-8-36-9-10-37(22(16-36)13-19-15-35-24-6-3-2-5-23(19)24)25(39)18-11-20(26(28,29)30)14-21(12-18)27(31,32)33/h2-3,5-6,11-12,14-15,22,35H,4,7-10,13,16H2,1H3,(H,34,38)/t22-/m1/s1. The maximum absolute atomic E-state index is 13.5. The molecule has 1 saturated heterocycles. The number of benzene rings is 2. The van der Waals surface area contributed by atoms with Gasteiger partial charge >= 0.3 is 12.4 Å². The van der Waals surface area contributed by atoms with Crippen molar-refractivity contribution in [3.63, 3.8) is 0 Å². The summed E-state index contributed by atoms with van der Waals surface area (Å²) in [4.78, 5) is 31.3. The molecule has 0 aliphatic carbocycles. The molecule has 210 valence electrons. The molecule has 1 aromatic heterocycles. The number of nitrogens with one attached hydrogen (secondary N) is 2. The second kappa shape index (κ2) is 11.3. The number of para-hydroxylation sites is 1. The Bertz CT molecular complexity index is 1300. The van der Waals surface area contributed by atoms with Crippen molar-refractivity contribution in [2.24, 2.45) is 0 Å². The third kappa shape index (κ3) is 6.92. The van der Waals surface area contributed by atoms with Gasteiger partial charge in [0.05, 0.1) is 11.1 Å². The number of nitrogens with zero attached hydrogens (tertiary/aromatic N) is 2. The van der Waals surface area contributed by atoms with Crippen molar-refractivity contribution in [2.75, 3.05) is 32.7 Å². The highest BCUT2D eigenvalue weighted by atomic mass is 19.4. The molecule has 0 saturated carbocycles. The summed E-state index contributed by atoms with van der Waals surface area (Å²) < 4.78 is 80.6. The first-order valence-corrected chi connectivity index (χ1v) is 12.4. The molecule has 2 amide bonds. The second-order valence-corrected chi connectivity index (χ2v) is 9.65. The van der Waals surface area contributed by atoms with Crippen LogP contribution in [0.2, 0.25) is 0 Å². The van der Waals surface area contributed by atoms with Gasteiger partial charge in [-0.05, 0) is 49.2 Å². The van der Waals surface area contributed by atoms with Gasteiger partial charge < -0.3 is 15.2 Å². The zero-order valence-electron chi connectivity index (χ0n) is 21.1. The van der Waals surface area contributed by atoms with Crippen LogP contribution in [-0.2, 0) is 23.6 Å². The van der Waals surface area contributed by atoms with Gasteiger partial charge in [-0.1, -0.05) is 18.2 Å². The molecule has 3 aromatic rings. The Balaban J connectivity index is 1.63. The molecule has 1 fully saturated rings. The minimum absolute atomic E-state index is 0.0211. The smallest absolute Gasteiger partial charge is 0.361 e. The van der Waals surface area contributed by atoms with Crippen LogP contribution in [0.5, 0.6) is 0 Å². The number of piperazine rings is 1. The molecule has 1 atom stereocenters. The molecule has 0 unspecified atom stereocenters. The summed E-state index contributed by atoms with van der Waals surface area (Å²) in [5.74, 6) is -1.03. The highest BCUT2D eigenvalue weighted by molar-refractivity contribution is 5.95. The first-order valence-electron chi connectivity index (χ1n) is 12.4. The van der Waals surface area contributed by atoms with Crippen molar-refractivity contribution >= 4 is 22.7 Å². The van der Waals surface area contributed by atoms with Crippen LogP contribution in [0.4, 0.5) is 26.3 Å². The van der Waals surface area contributed by atoms with Crippen molar-refractivity contribution < 1.29 is 35.9 Å². The Morgan fingerprint density at radius 1 is 1.00 bits per heavy atom. The third-order valence-electron chi connectivity index (χ3n) is 6.82. The molecule has 2 aromatic carbocycles. The molecule has 1 aliphatic heterocycles. The number of aromatic nitrogens is 1. The molecule has 4 rings (SSSR count). The predicted octanol–water partition coefficient (Wildman–Crippen LogP) is 5.10. The number of hydrogen-bond acceptors (Lipinski definition) is 3. The topological polar surface area (TPSA) is 68.4 Å².